The maximum Gasteiger partial charge on any atom is 0.311 e. The Morgan fingerprint density at radius 2 is 2.16 bits per heavy atom. The lowest BCUT2D eigenvalue weighted by atomic mass is 10.0. The predicted molar refractivity (Wildman–Crippen MR) is 129 cm³/mol. The zero-order valence-electron chi connectivity index (χ0n) is 17.4. The minimum atomic E-state index is -0.471. The molecule has 9 heteroatoms. The Bertz CT molecular complexity index is 1320. The van der Waals surface area contributed by atoms with E-state index >= 15 is 0 Å². The second-order valence-corrected chi connectivity index (χ2v) is 8.46. The SMILES string of the molecule is CCc1cccc2c1N=C/C2=C\c1sc(=O)n(CC(=O)Nc2ccc(OC)c(Cl)c2)c1O. The Hall–Kier alpha value is -3.36. The van der Waals surface area contributed by atoms with Crippen molar-refractivity contribution >= 4 is 58.1 Å². The second-order valence-electron chi connectivity index (χ2n) is 7.06. The zero-order chi connectivity index (χ0) is 22.8. The molecule has 0 spiro atoms. The minimum Gasteiger partial charge on any atom is -0.495 e. The van der Waals surface area contributed by atoms with Crippen LogP contribution in [0.25, 0.3) is 11.6 Å². The summed E-state index contributed by atoms with van der Waals surface area (Å²) in [7, 11) is 1.50. The molecule has 0 saturated carbocycles. The van der Waals surface area contributed by atoms with Gasteiger partial charge in [0.15, 0.2) is 0 Å². The molecule has 2 heterocycles. The van der Waals surface area contributed by atoms with E-state index in [2.05, 4.69) is 17.2 Å². The van der Waals surface area contributed by atoms with Gasteiger partial charge in [0.25, 0.3) is 0 Å². The van der Waals surface area contributed by atoms with E-state index in [4.69, 9.17) is 16.3 Å². The molecule has 0 bridgehead atoms. The number of benzene rings is 2. The third-order valence-corrected chi connectivity index (χ3v) is 6.27. The number of allylic oxidation sites excluding steroid dienone is 1. The number of aliphatic imine (C=N–C) groups is 1. The van der Waals surface area contributed by atoms with E-state index in [-0.39, 0.29) is 12.4 Å². The van der Waals surface area contributed by atoms with Gasteiger partial charge in [0.2, 0.25) is 11.8 Å². The Labute approximate surface area is 193 Å². The number of methoxy groups -OCH3 is 1. The average Bonchev–Trinajstić information content (AvgIpc) is 3.30. The van der Waals surface area contributed by atoms with Crippen LogP contribution in [0.3, 0.4) is 0 Å². The maximum absolute atomic E-state index is 12.5. The maximum atomic E-state index is 12.5. The molecule has 0 atom stereocenters. The average molecular weight is 470 g/mol. The number of hydrogen-bond donors (Lipinski definition) is 2. The Kier molecular flexibility index (Phi) is 6.16. The van der Waals surface area contributed by atoms with Crippen molar-refractivity contribution < 1.29 is 14.6 Å². The topological polar surface area (TPSA) is 92.9 Å². The largest absolute Gasteiger partial charge is 0.495 e. The number of thiazole rings is 1. The van der Waals surface area contributed by atoms with Gasteiger partial charge in [0.05, 0.1) is 22.7 Å². The van der Waals surface area contributed by atoms with Crippen molar-refractivity contribution in [1.82, 2.24) is 4.57 Å². The first kappa shape index (κ1) is 21.9. The van der Waals surface area contributed by atoms with Gasteiger partial charge in [-0.1, -0.05) is 48.1 Å². The number of carbonyl (C=O) groups is 1. The Morgan fingerprint density at radius 1 is 1.34 bits per heavy atom. The van der Waals surface area contributed by atoms with E-state index in [9.17, 15) is 14.7 Å². The van der Waals surface area contributed by atoms with E-state index in [0.717, 1.165) is 44.7 Å². The molecule has 2 aromatic carbocycles. The van der Waals surface area contributed by atoms with Crippen LogP contribution < -0.4 is 14.9 Å². The molecule has 1 amide bonds. The molecule has 1 aromatic heterocycles. The van der Waals surface area contributed by atoms with Crippen LogP contribution in [-0.4, -0.2) is 28.9 Å². The highest BCUT2D eigenvalue weighted by Crippen LogP contribution is 2.37. The first-order chi connectivity index (χ1) is 15.4. The zero-order valence-corrected chi connectivity index (χ0v) is 19.0. The summed E-state index contributed by atoms with van der Waals surface area (Å²) in [6.45, 7) is 1.73. The summed E-state index contributed by atoms with van der Waals surface area (Å²) in [6.07, 6.45) is 4.29. The van der Waals surface area contributed by atoms with Gasteiger partial charge in [0, 0.05) is 23.0 Å². The smallest absolute Gasteiger partial charge is 0.311 e. The molecule has 7 nitrogen and oxygen atoms in total. The van der Waals surface area contributed by atoms with E-state index < -0.39 is 10.8 Å². The van der Waals surface area contributed by atoms with Crippen LogP contribution in [-0.2, 0) is 17.8 Å². The first-order valence-corrected chi connectivity index (χ1v) is 11.0. The third-order valence-electron chi connectivity index (χ3n) is 5.06. The normalized spacial score (nSPS) is 13.4. The minimum absolute atomic E-state index is 0.260. The molecular formula is C23H20ClN3O4S. The van der Waals surface area contributed by atoms with Crippen LogP contribution in [0.5, 0.6) is 11.6 Å². The number of carbonyl (C=O) groups excluding carboxylic acids is 1. The van der Waals surface area contributed by atoms with Gasteiger partial charge >= 0.3 is 4.87 Å². The molecule has 0 fully saturated rings. The summed E-state index contributed by atoms with van der Waals surface area (Å²) >= 11 is 6.95. The molecule has 1 aliphatic heterocycles. The quantitative estimate of drug-likeness (QED) is 0.545. The van der Waals surface area contributed by atoms with Gasteiger partial charge in [-0.25, -0.2) is 0 Å². The van der Waals surface area contributed by atoms with Gasteiger partial charge in [-0.15, -0.1) is 0 Å². The van der Waals surface area contributed by atoms with Crippen molar-refractivity contribution in [2.24, 2.45) is 4.99 Å². The van der Waals surface area contributed by atoms with Crippen molar-refractivity contribution in [2.75, 3.05) is 12.4 Å². The number of nitrogens with one attached hydrogen (secondary N) is 1. The summed E-state index contributed by atoms with van der Waals surface area (Å²) in [6, 6.07) is 10.8. The molecule has 0 saturated heterocycles. The molecule has 164 valence electrons. The molecule has 32 heavy (non-hydrogen) atoms. The summed E-state index contributed by atoms with van der Waals surface area (Å²) < 4.78 is 6.12. The van der Waals surface area contributed by atoms with Crippen molar-refractivity contribution in [3.8, 4) is 11.6 Å². The summed E-state index contributed by atoms with van der Waals surface area (Å²) in [5.74, 6) is -0.248. The highest BCUT2D eigenvalue weighted by Gasteiger charge is 2.19. The van der Waals surface area contributed by atoms with Crippen molar-refractivity contribution in [3.05, 3.63) is 67.1 Å². The third kappa shape index (κ3) is 4.19. The number of ether oxygens (including phenoxy) is 1. The van der Waals surface area contributed by atoms with Gasteiger partial charge in [-0.05, 0) is 36.3 Å². The van der Waals surface area contributed by atoms with E-state index in [1.807, 2.05) is 18.2 Å². The highest BCUT2D eigenvalue weighted by molar-refractivity contribution is 7.10. The molecular weight excluding hydrogens is 450 g/mol. The number of aryl methyl sites for hydroxylation is 1. The van der Waals surface area contributed by atoms with Crippen molar-refractivity contribution in [3.63, 3.8) is 0 Å². The number of rotatable bonds is 6. The van der Waals surface area contributed by atoms with Crippen LogP contribution in [0.2, 0.25) is 5.02 Å². The number of nitrogens with zero attached hydrogens (tertiary/aromatic N) is 2. The fourth-order valence-electron chi connectivity index (χ4n) is 3.46. The summed E-state index contributed by atoms with van der Waals surface area (Å²) in [5.41, 5.74) is 4.25. The Balaban J connectivity index is 1.55. The monoisotopic (exact) mass is 469 g/mol. The van der Waals surface area contributed by atoms with Crippen LogP contribution in [0.1, 0.15) is 22.9 Å². The van der Waals surface area contributed by atoms with Gasteiger partial charge in [-0.2, -0.15) is 0 Å². The summed E-state index contributed by atoms with van der Waals surface area (Å²) in [5, 5.41) is 13.6. The fraction of sp³-hybridized carbons (Fsp3) is 0.174. The lowest BCUT2D eigenvalue weighted by molar-refractivity contribution is -0.116. The number of hydrogen-bond acceptors (Lipinski definition) is 6. The standard InChI is InChI=1S/C23H20ClN3O4S/c1-3-13-5-4-6-16-14(11-25-21(13)16)9-19-22(29)27(23(30)32-19)12-20(28)26-15-7-8-18(31-2)17(24)10-15/h4-11,29H,3,12H2,1-2H3,(H,26,28)/b14-9+. The Morgan fingerprint density at radius 3 is 2.88 bits per heavy atom. The number of anilines is 1. The van der Waals surface area contributed by atoms with Crippen molar-refractivity contribution in [2.45, 2.75) is 19.9 Å². The predicted octanol–water partition coefficient (Wildman–Crippen LogP) is 4.74. The number of amides is 1. The molecule has 4 rings (SSSR count). The number of halogens is 1. The molecule has 0 radical (unpaired) electrons. The molecule has 3 aromatic rings. The van der Waals surface area contributed by atoms with Crippen molar-refractivity contribution in [1.29, 1.82) is 0 Å². The lowest BCUT2D eigenvalue weighted by Gasteiger charge is -2.09. The number of para-hydroxylation sites is 1. The molecule has 1 aliphatic rings. The fourth-order valence-corrected chi connectivity index (χ4v) is 4.55. The molecule has 2 N–H and O–H groups in total. The van der Waals surface area contributed by atoms with E-state index in [1.54, 1.807) is 30.5 Å². The van der Waals surface area contributed by atoms with E-state index in [1.165, 1.54) is 7.11 Å². The molecule has 0 unspecified atom stereocenters. The molecule has 0 aliphatic carbocycles. The number of aromatic hydroxyl groups is 1. The highest BCUT2D eigenvalue weighted by atomic mass is 35.5. The van der Waals surface area contributed by atoms with Crippen LogP contribution in [0.15, 0.2) is 46.2 Å². The summed E-state index contributed by atoms with van der Waals surface area (Å²) in [4.78, 5) is 29.3. The number of aromatic nitrogens is 1. The van der Waals surface area contributed by atoms with Crippen LogP contribution in [0.4, 0.5) is 11.4 Å². The van der Waals surface area contributed by atoms with Gasteiger partial charge in [0.1, 0.15) is 12.3 Å². The lowest BCUT2D eigenvalue weighted by Crippen LogP contribution is -2.24. The van der Waals surface area contributed by atoms with E-state index in [0.29, 0.717) is 21.3 Å². The van der Waals surface area contributed by atoms with Gasteiger partial charge in [-0.3, -0.25) is 19.1 Å². The van der Waals surface area contributed by atoms with Crippen LogP contribution >= 0.6 is 22.9 Å². The first-order valence-electron chi connectivity index (χ1n) is 9.85. The number of fused-ring (bicyclic) bond motifs is 1. The van der Waals surface area contributed by atoms with Crippen LogP contribution in [0, 0.1) is 0 Å². The van der Waals surface area contributed by atoms with Gasteiger partial charge < -0.3 is 15.2 Å². The second kappa shape index (κ2) is 9.02.